The first kappa shape index (κ1) is 20.9. The molecule has 6 heteroatoms. The van der Waals surface area contributed by atoms with Crippen LogP contribution in [-0.2, 0) is 14.3 Å². The van der Waals surface area contributed by atoms with E-state index in [-0.39, 0.29) is 4.90 Å². The minimum Gasteiger partial charge on any atom is -0.488 e. The van der Waals surface area contributed by atoms with Gasteiger partial charge in [-0.15, -0.1) is 0 Å². The maximum atomic E-state index is 12.4. The van der Waals surface area contributed by atoms with Crippen molar-refractivity contribution in [2.24, 2.45) is 0 Å². The molecule has 3 rings (SSSR count). The first-order chi connectivity index (χ1) is 13.8. The van der Waals surface area contributed by atoms with Crippen LogP contribution in [0.1, 0.15) is 19.4 Å². The first-order valence-electron chi connectivity index (χ1n) is 9.33. The smallest absolute Gasteiger partial charge is 0.297 e. The van der Waals surface area contributed by atoms with E-state index < -0.39 is 22.3 Å². The zero-order chi connectivity index (χ0) is 20.9. The summed E-state index contributed by atoms with van der Waals surface area (Å²) in [6, 6.07) is 23.2. The van der Waals surface area contributed by atoms with Crippen LogP contribution in [0.25, 0.3) is 0 Å². The van der Waals surface area contributed by atoms with Crippen LogP contribution in [0.15, 0.2) is 83.8 Å². The quantitative estimate of drug-likeness (QED) is 0.467. The summed E-state index contributed by atoms with van der Waals surface area (Å²) in [6.07, 6.45) is -1.14. The van der Waals surface area contributed by atoms with Gasteiger partial charge >= 0.3 is 0 Å². The second-order valence-corrected chi connectivity index (χ2v) is 8.35. The fraction of sp³-hybridized carbons (Fsp3) is 0.217. The van der Waals surface area contributed by atoms with E-state index in [0.29, 0.717) is 11.5 Å². The van der Waals surface area contributed by atoms with Crippen molar-refractivity contribution in [2.75, 3.05) is 0 Å². The van der Waals surface area contributed by atoms with E-state index in [1.54, 1.807) is 50.2 Å². The average Bonchev–Trinajstić information content (AvgIpc) is 2.70. The highest BCUT2D eigenvalue weighted by Crippen LogP contribution is 2.25. The van der Waals surface area contributed by atoms with Gasteiger partial charge in [0.2, 0.25) is 0 Å². The van der Waals surface area contributed by atoms with E-state index in [2.05, 4.69) is 0 Å². The van der Waals surface area contributed by atoms with Crippen molar-refractivity contribution in [3.05, 3.63) is 84.4 Å². The molecule has 0 amide bonds. The zero-order valence-electron chi connectivity index (χ0n) is 16.6. The number of hydrogen-bond acceptors (Lipinski definition) is 5. The number of aryl methyl sites for hydroxylation is 1. The van der Waals surface area contributed by atoms with Crippen molar-refractivity contribution in [2.45, 2.75) is 37.9 Å². The Morgan fingerprint density at radius 1 is 0.690 bits per heavy atom. The highest BCUT2D eigenvalue weighted by Gasteiger charge is 2.24. The Morgan fingerprint density at radius 3 is 1.86 bits per heavy atom. The normalized spacial score (nSPS) is 13.5. The fourth-order valence-electron chi connectivity index (χ4n) is 2.56. The molecule has 2 atom stereocenters. The Labute approximate surface area is 172 Å². The molecule has 5 nitrogen and oxygen atoms in total. The van der Waals surface area contributed by atoms with Gasteiger partial charge in [0, 0.05) is 0 Å². The standard InChI is InChI=1S/C23H24O5S/c1-17-9-15-23(16-10-17)29(24,25)28-19(3)18(2)26-21-11-13-22(14-12-21)27-20-7-5-4-6-8-20/h4-16,18-19H,1-3H3/t18?,19-/m1/s1. The molecule has 0 heterocycles. The van der Waals surface area contributed by atoms with Crippen molar-refractivity contribution >= 4 is 10.1 Å². The number of rotatable bonds is 8. The first-order valence-corrected chi connectivity index (χ1v) is 10.7. The van der Waals surface area contributed by atoms with Crippen molar-refractivity contribution in [1.29, 1.82) is 0 Å². The maximum Gasteiger partial charge on any atom is 0.297 e. The molecule has 0 aliphatic carbocycles. The third-order valence-electron chi connectivity index (χ3n) is 4.37. The molecule has 0 fully saturated rings. The molecule has 3 aromatic rings. The van der Waals surface area contributed by atoms with Crippen LogP contribution in [0.5, 0.6) is 17.2 Å². The molecular formula is C23H24O5S. The molecule has 0 radical (unpaired) electrons. The lowest BCUT2D eigenvalue weighted by Crippen LogP contribution is -2.31. The molecule has 152 valence electrons. The monoisotopic (exact) mass is 412 g/mol. The second kappa shape index (κ2) is 9.11. The van der Waals surface area contributed by atoms with E-state index in [1.807, 2.05) is 37.3 Å². The maximum absolute atomic E-state index is 12.4. The van der Waals surface area contributed by atoms with Crippen LogP contribution in [0.2, 0.25) is 0 Å². The summed E-state index contributed by atoms with van der Waals surface area (Å²) < 4.78 is 41.8. The van der Waals surface area contributed by atoms with Gasteiger partial charge in [0.05, 0.1) is 4.90 Å². The molecule has 29 heavy (non-hydrogen) atoms. The summed E-state index contributed by atoms with van der Waals surface area (Å²) in [5.74, 6) is 2.03. The molecule has 0 bridgehead atoms. The van der Waals surface area contributed by atoms with Crippen LogP contribution >= 0.6 is 0 Å². The number of ether oxygens (including phenoxy) is 2. The van der Waals surface area contributed by atoms with Gasteiger partial charge in [0.25, 0.3) is 10.1 Å². The fourth-order valence-corrected chi connectivity index (χ4v) is 3.70. The molecule has 0 aliphatic heterocycles. The van der Waals surface area contributed by atoms with Gasteiger partial charge in [0.15, 0.2) is 0 Å². The Bertz CT molecular complexity index is 1010. The van der Waals surface area contributed by atoms with Gasteiger partial charge in [-0.05, 0) is 69.3 Å². The van der Waals surface area contributed by atoms with Crippen LogP contribution in [0, 0.1) is 6.92 Å². The molecule has 0 N–H and O–H groups in total. The molecule has 1 unspecified atom stereocenters. The average molecular weight is 413 g/mol. The molecule has 0 saturated heterocycles. The third-order valence-corrected chi connectivity index (χ3v) is 5.78. The van der Waals surface area contributed by atoms with Crippen molar-refractivity contribution in [3.63, 3.8) is 0 Å². The van der Waals surface area contributed by atoms with E-state index in [0.717, 1.165) is 11.3 Å². The summed E-state index contributed by atoms with van der Waals surface area (Å²) in [5, 5.41) is 0. The molecule has 0 aliphatic rings. The minimum atomic E-state index is -3.85. The number of hydrogen-bond donors (Lipinski definition) is 0. The Kier molecular flexibility index (Phi) is 6.56. The van der Waals surface area contributed by atoms with Gasteiger partial charge < -0.3 is 9.47 Å². The number of benzene rings is 3. The minimum absolute atomic E-state index is 0.129. The lowest BCUT2D eigenvalue weighted by Gasteiger charge is -2.21. The van der Waals surface area contributed by atoms with Crippen LogP contribution in [0.4, 0.5) is 0 Å². The van der Waals surface area contributed by atoms with Crippen molar-refractivity contribution < 1.29 is 22.1 Å². The SMILES string of the molecule is Cc1ccc(S(=O)(=O)O[C@H](C)C(C)Oc2ccc(Oc3ccccc3)cc2)cc1. The molecule has 0 saturated carbocycles. The largest absolute Gasteiger partial charge is 0.488 e. The van der Waals surface area contributed by atoms with Gasteiger partial charge in [-0.3, -0.25) is 4.18 Å². The van der Waals surface area contributed by atoms with Gasteiger partial charge in [-0.2, -0.15) is 8.42 Å². The third kappa shape index (κ3) is 5.82. The lowest BCUT2D eigenvalue weighted by atomic mass is 10.2. The summed E-state index contributed by atoms with van der Waals surface area (Å²) in [7, 11) is -3.85. The molecular weight excluding hydrogens is 388 g/mol. The summed E-state index contributed by atoms with van der Waals surface area (Å²) in [6.45, 7) is 5.33. The van der Waals surface area contributed by atoms with Gasteiger partial charge in [-0.1, -0.05) is 35.9 Å². The van der Waals surface area contributed by atoms with E-state index >= 15 is 0 Å². The molecule has 0 spiro atoms. The van der Waals surface area contributed by atoms with Gasteiger partial charge in [0.1, 0.15) is 29.5 Å². The van der Waals surface area contributed by atoms with Crippen LogP contribution < -0.4 is 9.47 Å². The van der Waals surface area contributed by atoms with E-state index in [1.165, 1.54) is 12.1 Å². The predicted octanol–water partition coefficient (Wildman–Crippen LogP) is 5.35. The van der Waals surface area contributed by atoms with Gasteiger partial charge in [-0.25, -0.2) is 0 Å². The number of para-hydroxylation sites is 1. The highest BCUT2D eigenvalue weighted by molar-refractivity contribution is 7.86. The summed E-state index contributed by atoms with van der Waals surface area (Å²) >= 11 is 0. The van der Waals surface area contributed by atoms with E-state index in [4.69, 9.17) is 13.7 Å². The lowest BCUT2D eigenvalue weighted by molar-refractivity contribution is 0.0824. The van der Waals surface area contributed by atoms with Crippen molar-refractivity contribution in [3.8, 4) is 17.2 Å². The summed E-state index contributed by atoms with van der Waals surface area (Å²) in [4.78, 5) is 0.129. The second-order valence-electron chi connectivity index (χ2n) is 6.78. The highest BCUT2D eigenvalue weighted by atomic mass is 32.2. The zero-order valence-corrected chi connectivity index (χ0v) is 17.4. The topological polar surface area (TPSA) is 61.8 Å². The van der Waals surface area contributed by atoms with Crippen LogP contribution in [-0.4, -0.2) is 20.6 Å². The Balaban J connectivity index is 1.59. The Hall–Kier alpha value is -2.83. The molecule has 0 aromatic heterocycles. The summed E-state index contributed by atoms with van der Waals surface area (Å²) in [5.41, 5.74) is 0.980. The predicted molar refractivity (Wildman–Crippen MR) is 112 cm³/mol. The van der Waals surface area contributed by atoms with Crippen molar-refractivity contribution in [1.82, 2.24) is 0 Å². The Morgan fingerprint density at radius 2 is 1.24 bits per heavy atom. The molecule has 3 aromatic carbocycles. The van der Waals surface area contributed by atoms with E-state index in [9.17, 15) is 8.42 Å². The van der Waals surface area contributed by atoms with Crippen LogP contribution in [0.3, 0.4) is 0 Å².